The van der Waals surface area contributed by atoms with Crippen molar-refractivity contribution < 1.29 is 14.3 Å². The van der Waals surface area contributed by atoms with Gasteiger partial charge in [0.15, 0.2) is 0 Å². The molecule has 0 saturated carbocycles. The summed E-state index contributed by atoms with van der Waals surface area (Å²) in [6.07, 6.45) is -0.0401. The number of anilines is 1. The zero-order valence-electron chi connectivity index (χ0n) is 8.84. The number of benzene rings is 1. The van der Waals surface area contributed by atoms with E-state index in [1.165, 1.54) is 12.1 Å². The molecule has 0 bridgehead atoms. The molecular weight excluding hydrogens is 233 g/mol. The van der Waals surface area contributed by atoms with E-state index in [9.17, 15) is 9.18 Å². The Hall–Kier alpha value is -1.13. The summed E-state index contributed by atoms with van der Waals surface area (Å²) in [5.74, 6) is -0.903. The van der Waals surface area contributed by atoms with E-state index in [1.807, 2.05) is 0 Å². The Morgan fingerprint density at radius 3 is 2.88 bits per heavy atom. The second-order valence-corrected chi connectivity index (χ2v) is 4.00. The number of carbonyl (C=O) groups excluding carboxylic acids is 1. The van der Waals surface area contributed by atoms with E-state index in [-0.39, 0.29) is 23.0 Å². The highest BCUT2D eigenvalue weighted by Crippen LogP contribution is 2.19. The predicted octanol–water partition coefficient (Wildman–Crippen LogP) is 2.58. The van der Waals surface area contributed by atoms with E-state index in [0.717, 1.165) is 6.07 Å². The molecule has 0 fully saturated rings. The van der Waals surface area contributed by atoms with Crippen LogP contribution in [0.3, 0.4) is 0 Å². The average Bonchev–Trinajstić information content (AvgIpc) is 2.19. The maximum atomic E-state index is 13.3. The largest absolute Gasteiger partial charge is 0.393 e. The molecule has 1 aromatic carbocycles. The normalized spacial score (nSPS) is 12.2. The van der Waals surface area contributed by atoms with Crippen LogP contribution in [-0.4, -0.2) is 17.1 Å². The van der Waals surface area contributed by atoms with Crippen LogP contribution in [0.2, 0.25) is 5.02 Å². The lowest BCUT2D eigenvalue weighted by Gasteiger charge is -2.07. The molecule has 2 N–H and O–H groups in total. The van der Waals surface area contributed by atoms with Crippen molar-refractivity contribution in [2.75, 3.05) is 5.32 Å². The van der Waals surface area contributed by atoms with Crippen LogP contribution in [0.5, 0.6) is 0 Å². The van der Waals surface area contributed by atoms with Crippen LogP contribution in [-0.2, 0) is 4.79 Å². The molecule has 0 saturated heterocycles. The molecule has 88 valence electrons. The standard InChI is InChI=1S/C11H13ClFNO2/c1-7(15)2-5-11(16)14-10-4-3-8(12)6-9(10)13/h3-4,6-7,15H,2,5H2,1H3,(H,14,16). The Balaban J connectivity index is 2.56. The van der Waals surface area contributed by atoms with Crippen LogP contribution in [0.1, 0.15) is 19.8 Å². The molecule has 0 heterocycles. The van der Waals surface area contributed by atoms with Crippen molar-refractivity contribution in [1.82, 2.24) is 0 Å². The molecule has 0 aliphatic heterocycles. The molecular formula is C11H13ClFNO2. The van der Waals surface area contributed by atoms with Crippen LogP contribution in [0, 0.1) is 5.82 Å². The Labute approximate surface area is 98.2 Å². The van der Waals surface area contributed by atoms with Gasteiger partial charge in [0.1, 0.15) is 5.82 Å². The smallest absolute Gasteiger partial charge is 0.224 e. The quantitative estimate of drug-likeness (QED) is 0.857. The predicted molar refractivity (Wildman–Crippen MR) is 61.0 cm³/mol. The molecule has 0 spiro atoms. The lowest BCUT2D eigenvalue weighted by molar-refractivity contribution is -0.116. The van der Waals surface area contributed by atoms with E-state index < -0.39 is 11.9 Å². The lowest BCUT2D eigenvalue weighted by atomic mass is 10.2. The minimum atomic E-state index is -0.571. The molecule has 1 aromatic rings. The SMILES string of the molecule is CC(O)CCC(=O)Nc1ccc(Cl)cc1F. The van der Waals surface area contributed by atoms with Crippen LogP contribution in [0.4, 0.5) is 10.1 Å². The highest BCUT2D eigenvalue weighted by atomic mass is 35.5. The maximum Gasteiger partial charge on any atom is 0.224 e. The summed E-state index contributed by atoms with van der Waals surface area (Å²) in [4.78, 5) is 11.3. The number of carbonyl (C=O) groups is 1. The number of hydrogen-bond donors (Lipinski definition) is 2. The minimum absolute atomic E-state index is 0.0972. The summed E-state index contributed by atoms with van der Waals surface area (Å²) in [5.41, 5.74) is 0.0972. The Morgan fingerprint density at radius 2 is 2.31 bits per heavy atom. The fraction of sp³-hybridized carbons (Fsp3) is 0.364. The van der Waals surface area contributed by atoms with Gasteiger partial charge in [0.05, 0.1) is 11.8 Å². The van der Waals surface area contributed by atoms with Crippen molar-refractivity contribution in [3.8, 4) is 0 Å². The van der Waals surface area contributed by atoms with Gasteiger partial charge >= 0.3 is 0 Å². The van der Waals surface area contributed by atoms with Crippen LogP contribution in [0.25, 0.3) is 0 Å². The molecule has 0 aromatic heterocycles. The molecule has 16 heavy (non-hydrogen) atoms. The number of aliphatic hydroxyl groups is 1. The third-order valence-corrected chi connectivity index (χ3v) is 2.23. The fourth-order valence-electron chi connectivity index (χ4n) is 1.14. The van der Waals surface area contributed by atoms with Gasteiger partial charge in [-0.3, -0.25) is 4.79 Å². The number of halogens is 2. The molecule has 0 radical (unpaired) electrons. The highest BCUT2D eigenvalue weighted by Gasteiger charge is 2.08. The molecule has 1 atom stereocenters. The number of rotatable bonds is 4. The number of amides is 1. The zero-order valence-corrected chi connectivity index (χ0v) is 9.59. The summed E-state index contributed by atoms with van der Waals surface area (Å²) in [6.45, 7) is 1.59. The van der Waals surface area contributed by atoms with Gasteiger partial charge in [0.2, 0.25) is 5.91 Å². The third kappa shape index (κ3) is 4.16. The first kappa shape index (κ1) is 12.9. The molecule has 1 unspecified atom stereocenters. The van der Waals surface area contributed by atoms with Gasteiger partial charge in [-0.1, -0.05) is 11.6 Å². The maximum absolute atomic E-state index is 13.3. The van der Waals surface area contributed by atoms with Crippen LogP contribution >= 0.6 is 11.6 Å². The second-order valence-electron chi connectivity index (χ2n) is 3.56. The second kappa shape index (κ2) is 5.82. The lowest BCUT2D eigenvalue weighted by Crippen LogP contribution is -2.14. The first-order valence-electron chi connectivity index (χ1n) is 4.92. The van der Waals surface area contributed by atoms with Crippen LogP contribution < -0.4 is 5.32 Å². The van der Waals surface area contributed by atoms with Crippen molar-refractivity contribution in [3.05, 3.63) is 29.0 Å². The Bertz CT molecular complexity index is 382. The zero-order chi connectivity index (χ0) is 12.1. The van der Waals surface area contributed by atoms with E-state index in [2.05, 4.69) is 5.32 Å². The molecule has 5 heteroatoms. The first-order valence-corrected chi connectivity index (χ1v) is 5.30. The first-order chi connectivity index (χ1) is 7.49. The molecule has 1 amide bonds. The van der Waals surface area contributed by atoms with Gasteiger partial charge in [0, 0.05) is 11.4 Å². The Kier molecular flexibility index (Phi) is 4.71. The van der Waals surface area contributed by atoms with Crippen molar-refractivity contribution in [3.63, 3.8) is 0 Å². The van der Waals surface area contributed by atoms with Crippen LogP contribution in [0.15, 0.2) is 18.2 Å². The van der Waals surface area contributed by atoms with E-state index in [0.29, 0.717) is 6.42 Å². The van der Waals surface area contributed by atoms with Gasteiger partial charge in [-0.15, -0.1) is 0 Å². The molecule has 1 rings (SSSR count). The van der Waals surface area contributed by atoms with Gasteiger partial charge < -0.3 is 10.4 Å². The van der Waals surface area contributed by atoms with Gasteiger partial charge in [-0.05, 0) is 31.5 Å². The topological polar surface area (TPSA) is 49.3 Å². The summed E-state index contributed by atoms with van der Waals surface area (Å²) in [5, 5.41) is 11.7. The van der Waals surface area contributed by atoms with Gasteiger partial charge in [-0.25, -0.2) is 4.39 Å². The Morgan fingerprint density at radius 1 is 1.62 bits per heavy atom. The average molecular weight is 246 g/mol. The molecule has 3 nitrogen and oxygen atoms in total. The van der Waals surface area contributed by atoms with E-state index >= 15 is 0 Å². The van der Waals surface area contributed by atoms with E-state index in [1.54, 1.807) is 6.92 Å². The molecule has 0 aliphatic rings. The van der Waals surface area contributed by atoms with Crippen molar-refractivity contribution in [2.24, 2.45) is 0 Å². The molecule has 0 aliphatic carbocycles. The van der Waals surface area contributed by atoms with E-state index in [4.69, 9.17) is 16.7 Å². The van der Waals surface area contributed by atoms with Gasteiger partial charge in [0.25, 0.3) is 0 Å². The van der Waals surface area contributed by atoms with Gasteiger partial charge in [-0.2, -0.15) is 0 Å². The monoisotopic (exact) mass is 245 g/mol. The highest BCUT2D eigenvalue weighted by molar-refractivity contribution is 6.30. The minimum Gasteiger partial charge on any atom is -0.393 e. The fourth-order valence-corrected chi connectivity index (χ4v) is 1.30. The summed E-state index contributed by atoms with van der Waals surface area (Å²) < 4.78 is 13.3. The summed E-state index contributed by atoms with van der Waals surface area (Å²) >= 11 is 5.57. The summed E-state index contributed by atoms with van der Waals surface area (Å²) in [7, 11) is 0. The number of aliphatic hydroxyl groups excluding tert-OH is 1. The van der Waals surface area contributed by atoms with Crippen molar-refractivity contribution >= 4 is 23.2 Å². The van der Waals surface area contributed by atoms with Crippen molar-refractivity contribution in [2.45, 2.75) is 25.9 Å². The number of nitrogens with one attached hydrogen (secondary N) is 1. The summed E-state index contributed by atoms with van der Waals surface area (Å²) in [6, 6.07) is 4.03. The number of hydrogen-bond acceptors (Lipinski definition) is 2. The van der Waals surface area contributed by atoms with Crippen molar-refractivity contribution in [1.29, 1.82) is 0 Å². The third-order valence-electron chi connectivity index (χ3n) is 1.99.